The number of nitrogens with one attached hydrogen (secondary N) is 1. The number of rotatable bonds is 5. The van der Waals surface area contributed by atoms with E-state index in [4.69, 9.17) is 9.47 Å². The Bertz CT molecular complexity index is 1290. The second kappa shape index (κ2) is 9.40. The summed E-state index contributed by atoms with van der Waals surface area (Å²) < 4.78 is 11.4. The van der Waals surface area contributed by atoms with Gasteiger partial charge in [-0.2, -0.15) is 5.26 Å². The number of aromatic nitrogens is 3. The van der Waals surface area contributed by atoms with Crippen LogP contribution in [0.15, 0.2) is 42.7 Å². The highest BCUT2D eigenvalue weighted by Crippen LogP contribution is 2.40. The maximum absolute atomic E-state index is 10.6. The van der Waals surface area contributed by atoms with E-state index in [1.807, 2.05) is 18.2 Å². The van der Waals surface area contributed by atoms with Gasteiger partial charge in [0.2, 0.25) is 0 Å². The Morgan fingerprint density at radius 2 is 2.00 bits per heavy atom. The van der Waals surface area contributed by atoms with Crippen molar-refractivity contribution in [3.8, 4) is 29.0 Å². The van der Waals surface area contributed by atoms with Crippen LogP contribution >= 0.6 is 12.4 Å². The van der Waals surface area contributed by atoms with Crippen molar-refractivity contribution in [2.45, 2.75) is 0 Å². The zero-order valence-corrected chi connectivity index (χ0v) is 18.1. The first-order valence-corrected chi connectivity index (χ1v) is 10.2. The van der Waals surface area contributed by atoms with Crippen LogP contribution in [0.1, 0.15) is 5.56 Å². The van der Waals surface area contributed by atoms with E-state index in [9.17, 15) is 10.4 Å². The van der Waals surface area contributed by atoms with Gasteiger partial charge in [0, 0.05) is 35.9 Å². The van der Waals surface area contributed by atoms with E-state index < -0.39 is 0 Å². The first-order valence-electron chi connectivity index (χ1n) is 10.2. The van der Waals surface area contributed by atoms with Crippen molar-refractivity contribution in [1.82, 2.24) is 19.9 Å². The number of H-pyrrole nitrogens is 1. The van der Waals surface area contributed by atoms with Gasteiger partial charge in [0.05, 0.1) is 36.1 Å². The zero-order valence-electron chi connectivity index (χ0n) is 17.2. The highest BCUT2D eigenvalue weighted by molar-refractivity contribution is 6.06. The monoisotopic (exact) mass is 451 g/mol. The molecular weight excluding hydrogens is 430 g/mol. The van der Waals surface area contributed by atoms with Crippen LogP contribution in [0.3, 0.4) is 0 Å². The number of aromatic amines is 1. The van der Waals surface area contributed by atoms with Crippen molar-refractivity contribution < 1.29 is 14.6 Å². The fraction of sp³-hybridized carbons (Fsp3) is 0.261. The molecule has 2 N–H and O–H groups in total. The summed E-state index contributed by atoms with van der Waals surface area (Å²) >= 11 is 0. The Kier molecular flexibility index (Phi) is 6.42. The van der Waals surface area contributed by atoms with Gasteiger partial charge < -0.3 is 19.6 Å². The lowest BCUT2D eigenvalue weighted by atomic mass is 10.0. The minimum Gasteiger partial charge on any atom is -0.494 e. The predicted octanol–water partition coefficient (Wildman–Crippen LogP) is 3.49. The molecule has 1 saturated heterocycles. The third-order valence-electron chi connectivity index (χ3n) is 5.54. The molecule has 164 valence electrons. The highest BCUT2D eigenvalue weighted by atomic mass is 35.5. The largest absolute Gasteiger partial charge is 0.494 e. The van der Waals surface area contributed by atoms with Crippen LogP contribution in [0.5, 0.6) is 11.6 Å². The maximum Gasteiger partial charge on any atom is 0.199 e. The van der Waals surface area contributed by atoms with Crippen LogP contribution in [-0.2, 0) is 4.74 Å². The number of nitrogens with zero attached hydrogens (tertiary/aromatic N) is 4. The highest BCUT2D eigenvalue weighted by Gasteiger charge is 2.19. The van der Waals surface area contributed by atoms with E-state index in [0.29, 0.717) is 34.7 Å². The van der Waals surface area contributed by atoms with Crippen molar-refractivity contribution in [2.75, 3.05) is 39.5 Å². The molecule has 4 aromatic rings. The summed E-state index contributed by atoms with van der Waals surface area (Å²) in [7, 11) is 0. The van der Waals surface area contributed by atoms with Crippen molar-refractivity contribution >= 4 is 34.2 Å². The molecule has 3 heterocycles. The Morgan fingerprint density at radius 3 is 2.81 bits per heavy atom. The Hall–Kier alpha value is -3.38. The van der Waals surface area contributed by atoms with E-state index in [1.54, 1.807) is 18.2 Å². The van der Waals surface area contributed by atoms with Crippen molar-refractivity contribution in [3.63, 3.8) is 0 Å². The number of halogens is 1. The summed E-state index contributed by atoms with van der Waals surface area (Å²) in [5.41, 5.74) is 3.06. The van der Waals surface area contributed by atoms with Crippen molar-refractivity contribution in [2.24, 2.45) is 0 Å². The summed E-state index contributed by atoms with van der Waals surface area (Å²) in [5.74, 6) is 0.676. The minimum absolute atomic E-state index is 0. The summed E-state index contributed by atoms with van der Waals surface area (Å²) in [5, 5.41) is 21.4. The van der Waals surface area contributed by atoms with Gasteiger partial charge in [0.15, 0.2) is 5.88 Å². The van der Waals surface area contributed by atoms with Gasteiger partial charge in [0.25, 0.3) is 0 Å². The second-order valence-electron chi connectivity index (χ2n) is 7.40. The van der Waals surface area contributed by atoms with Crippen LogP contribution in [0, 0.1) is 11.3 Å². The molecule has 8 nitrogen and oxygen atoms in total. The first kappa shape index (κ1) is 21.8. The zero-order chi connectivity index (χ0) is 21.2. The summed E-state index contributed by atoms with van der Waals surface area (Å²) in [6.45, 7) is 4.70. The van der Waals surface area contributed by atoms with Crippen LogP contribution in [0.2, 0.25) is 0 Å². The third kappa shape index (κ3) is 4.06. The Labute approximate surface area is 190 Å². The number of hydrogen-bond donors (Lipinski definition) is 2. The van der Waals surface area contributed by atoms with E-state index in [0.717, 1.165) is 49.1 Å². The van der Waals surface area contributed by atoms with Crippen LogP contribution in [-0.4, -0.2) is 64.4 Å². The fourth-order valence-electron chi connectivity index (χ4n) is 3.97. The van der Waals surface area contributed by atoms with E-state index in [2.05, 4.69) is 25.9 Å². The number of morpholine rings is 1. The minimum atomic E-state index is 0. The smallest absolute Gasteiger partial charge is 0.199 e. The number of benzene rings is 2. The van der Waals surface area contributed by atoms with Gasteiger partial charge in [-0.3, -0.25) is 4.90 Å². The van der Waals surface area contributed by atoms with Gasteiger partial charge in [-0.25, -0.2) is 9.97 Å². The number of fused-ring (bicyclic) bond motifs is 2. The van der Waals surface area contributed by atoms with Crippen LogP contribution in [0.4, 0.5) is 0 Å². The summed E-state index contributed by atoms with van der Waals surface area (Å²) in [6, 6.07) is 13.1. The molecule has 0 bridgehead atoms. The molecule has 0 amide bonds. The lowest BCUT2D eigenvalue weighted by Crippen LogP contribution is -2.38. The SMILES string of the molecule is Cl.N#Cc1ccc2[nH]c(O)c(-c3ncnc4c(OCCN5CCOCC5)cccc34)c2c1. The molecule has 0 radical (unpaired) electrons. The van der Waals surface area contributed by atoms with Gasteiger partial charge in [-0.1, -0.05) is 12.1 Å². The average Bonchev–Trinajstić information content (AvgIpc) is 3.14. The Balaban J connectivity index is 0.00000245. The molecule has 0 spiro atoms. The van der Waals surface area contributed by atoms with E-state index >= 15 is 0 Å². The molecule has 1 aliphatic rings. The predicted molar refractivity (Wildman–Crippen MR) is 123 cm³/mol. The molecule has 32 heavy (non-hydrogen) atoms. The number of ether oxygens (including phenoxy) is 2. The summed E-state index contributed by atoms with van der Waals surface area (Å²) in [4.78, 5) is 14.2. The quantitative estimate of drug-likeness (QED) is 0.478. The van der Waals surface area contributed by atoms with E-state index in [-0.39, 0.29) is 18.3 Å². The van der Waals surface area contributed by atoms with Crippen LogP contribution < -0.4 is 4.74 Å². The van der Waals surface area contributed by atoms with Gasteiger partial charge in [-0.15, -0.1) is 12.4 Å². The van der Waals surface area contributed by atoms with Gasteiger partial charge in [-0.05, 0) is 24.3 Å². The van der Waals surface area contributed by atoms with Gasteiger partial charge in [0.1, 0.15) is 24.2 Å². The molecule has 0 aliphatic carbocycles. The first-order chi connectivity index (χ1) is 15.2. The Morgan fingerprint density at radius 1 is 1.16 bits per heavy atom. The van der Waals surface area contributed by atoms with Crippen molar-refractivity contribution in [3.05, 3.63) is 48.3 Å². The molecule has 9 heteroatoms. The van der Waals surface area contributed by atoms with Crippen LogP contribution in [0.25, 0.3) is 33.1 Å². The maximum atomic E-state index is 10.6. The van der Waals surface area contributed by atoms with Gasteiger partial charge >= 0.3 is 0 Å². The average molecular weight is 452 g/mol. The molecule has 5 rings (SSSR count). The normalized spacial score (nSPS) is 14.2. The second-order valence-corrected chi connectivity index (χ2v) is 7.40. The lowest BCUT2D eigenvalue weighted by molar-refractivity contribution is 0.0323. The number of hydrogen-bond acceptors (Lipinski definition) is 7. The molecule has 2 aromatic carbocycles. The number of aromatic hydroxyl groups is 1. The molecule has 2 aromatic heterocycles. The standard InChI is InChI=1S/C23H21N5O3.ClH/c24-13-15-4-5-18-17(12-15)20(23(29)27-18)22-16-2-1-3-19(21(16)25-14-26-22)31-11-8-28-6-9-30-10-7-28;/h1-5,12,14,27,29H,6-11H2;1H. The number of nitriles is 1. The summed E-state index contributed by atoms with van der Waals surface area (Å²) in [6.07, 6.45) is 1.47. The third-order valence-corrected chi connectivity index (χ3v) is 5.54. The molecular formula is C23H22ClN5O3. The number of para-hydroxylation sites is 1. The molecule has 0 atom stereocenters. The van der Waals surface area contributed by atoms with Crippen molar-refractivity contribution in [1.29, 1.82) is 5.26 Å². The topological polar surface area (TPSA) is 107 Å². The van der Waals surface area contributed by atoms with E-state index in [1.165, 1.54) is 6.33 Å². The molecule has 0 saturated carbocycles. The lowest BCUT2D eigenvalue weighted by Gasteiger charge is -2.26. The molecule has 1 fully saturated rings. The molecule has 0 unspecified atom stereocenters. The molecule has 1 aliphatic heterocycles. The fourth-order valence-corrected chi connectivity index (χ4v) is 3.97.